The first-order valence-corrected chi connectivity index (χ1v) is 10.2. The van der Waals surface area contributed by atoms with E-state index in [1.54, 1.807) is 18.2 Å². The molecule has 1 fully saturated rings. The molecule has 31 heavy (non-hydrogen) atoms. The maximum Gasteiger partial charge on any atom is 0.262 e. The van der Waals surface area contributed by atoms with E-state index < -0.39 is 29.7 Å². The van der Waals surface area contributed by atoms with Crippen LogP contribution in [0.1, 0.15) is 51.2 Å². The lowest BCUT2D eigenvalue weighted by Crippen LogP contribution is -2.54. The van der Waals surface area contributed by atoms with Crippen molar-refractivity contribution < 1.29 is 19.2 Å². The Hall–Kier alpha value is -3.59. The average Bonchev–Trinajstić information content (AvgIpc) is 3.01. The molecule has 4 N–H and O–H groups in total. The van der Waals surface area contributed by atoms with Crippen molar-refractivity contribution in [2.45, 2.75) is 38.3 Å². The first-order chi connectivity index (χ1) is 15.0. The normalized spacial score (nSPS) is 18.2. The van der Waals surface area contributed by atoms with Gasteiger partial charge in [0.1, 0.15) is 11.9 Å². The van der Waals surface area contributed by atoms with E-state index in [0.717, 1.165) is 29.0 Å². The van der Waals surface area contributed by atoms with Crippen LogP contribution < -0.4 is 16.4 Å². The molecule has 0 saturated carbocycles. The number of hydrogen-bond acceptors (Lipinski definition) is 7. The van der Waals surface area contributed by atoms with E-state index in [1.807, 2.05) is 18.2 Å². The maximum atomic E-state index is 12.9. The topological polar surface area (TPSA) is 134 Å². The molecule has 160 valence electrons. The van der Waals surface area contributed by atoms with Gasteiger partial charge in [-0.25, -0.2) is 4.98 Å². The second-order valence-electron chi connectivity index (χ2n) is 7.59. The fourth-order valence-electron chi connectivity index (χ4n) is 3.82. The van der Waals surface area contributed by atoms with Crippen molar-refractivity contribution in [3.63, 3.8) is 0 Å². The molecule has 1 saturated heterocycles. The van der Waals surface area contributed by atoms with Crippen molar-refractivity contribution in [2.75, 3.05) is 11.9 Å². The van der Waals surface area contributed by atoms with E-state index in [2.05, 4.69) is 15.6 Å². The van der Waals surface area contributed by atoms with Crippen LogP contribution in [0.25, 0.3) is 0 Å². The van der Waals surface area contributed by atoms with Gasteiger partial charge in [0.2, 0.25) is 11.8 Å². The summed E-state index contributed by atoms with van der Waals surface area (Å²) in [6, 6.07) is 9.79. The average molecular weight is 421 g/mol. The van der Waals surface area contributed by atoms with Gasteiger partial charge in [-0.15, -0.1) is 0 Å². The van der Waals surface area contributed by atoms with Crippen LogP contribution in [0.15, 0.2) is 36.4 Å². The lowest BCUT2D eigenvalue weighted by Gasteiger charge is -2.27. The number of piperidine rings is 1. The molecule has 1 atom stereocenters. The van der Waals surface area contributed by atoms with Gasteiger partial charge >= 0.3 is 0 Å². The number of nitrogens with one attached hydrogen (secondary N) is 2. The summed E-state index contributed by atoms with van der Waals surface area (Å²) in [6.07, 6.45) is 1.89. The molecule has 0 radical (unpaired) electrons. The lowest BCUT2D eigenvalue weighted by atomic mass is 10.0. The molecule has 2 aliphatic heterocycles. The monoisotopic (exact) mass is 421 g/mol. The molecule has 4 rings (SSSR count). The molecule has 0 spiro atoms. The van der Waals surface area contributed by atoms with Crippen molar-refractivity contribution in [3.05, 3.63) is 58.8 Å². The molecule has 3 heterocycles. The molecule has 9 nitrogen and oxygen atoms in total. The van der Waals surface area contributed by atoms with Crippen molar-refractivity contribution in [2.24, 2.45) is 5.73 Å². The van der Waals surface area contributed by atoms with Crippen LogP contribution in [-0.4, -0.2) is 46.1 Å². The van der Waals surface area contributed by atoms with Crippen LogP contribution in [-0.2, 0) is 22.6 Å². The predicted octanol–water partition coefficient (Wildman–Crippen LogP) is 0.986. The number of nitrogens with zero attached hydrogens (tertiary/aromatic N) is 2. The highest BCUT2D eigenvalue weighted by Crippen LogP contribution is 2.28. The number of aryl methyl sites for hydroxylation is 1. The molecule has 9 heteroatoms. The standard InChI is InChI=1S/C22H23N5O4/c23-10-2-4-14-3-1-5-18(25-14)24-12-13-6-7-15-16(11-13)22(31)27(21(15)30)17-8-9-19(28)26-20(17)29/h1,3,5-7,11,17H,2,4,8-10,12,23H2,(H,24,25)(H,26,28,29). The number of carbonyl (C=O) groups is 4. The zero-order valence-electron chi connectivity index (χ0n) is 16.9. The highest BCUT2D eigenvalue weighted by atomic mass is 16.2. The third-order valence-electron chi connectivity index (χ3n) is 5.42. The zero-order chi connectivity index (χ0) is 22.0. The molecule has 0 bridgehead atoms. The molecular weight excluding hydrogens is 398 g/mol. The Balaban J connectivity index is 1.47. The van der Waals surface area contributed by atoms with E-state index in [9.17, 15) is 19.2 Å². The second-order valence-corrected chi connectivity index (χ2v) is 7.59. The number of nitrogens with two attached hydrogens (primary N) is 1. The summed E-state index contributed by atoms with van der Waals surface area (Å²) in [7, 11) is 0. The van der Waals surface area contributed by atoms with E-state index in [0.29, 0.717) is 18.9 Å². The van der Waals surface area contributed by atoms with E-state index in [1.165, 1.54) is 0 Å². The Labute approximate surface area is 179 Å². The molecule has 1 aromatic carbocycles. The van der Waals surface area contributed by atoms with Gasteiger partial charge in [0, 0.05) is 18.7 Å². The van der Waals surface area contributed by atoms with Crippen LogP contribution in [0.4, 0.5) is 5.82 Å². The Kier molecular flexibility index (Phi) is 5.77. The Morgan fingerprint density at radius 1 is 1.10 bits per heavy atom. The van der Waals surface area contributed by atoms with Gasteiger partial charge in [-0.2, -0.15) is 0 Å². The van der Waals surface area contributed by atoms with Crippen LogP contribution >= 0.6 is 0 Å². The Morgan fingerprint density at radius 2 is 1.90 bits per heavy atom. The van der Waals surface area contributed by atoms with Gasteiger partial charge in [0.25, 0.3) is 11.8 Å². The number of aromatic nitrogens is 1. The first-order valence-electron chi connectivity index (χ1n) is 10.2. The quantitative estimate of drug-likeness (QED) is 0.567. The Morgan fingerprint density at radius 3 is 2.68 bits per heavy atom. The van der Waals surface area contributed by atoms with Gasteiger partial charge in [-0.05, 0) is 55.6 Å². The summed E-state index contributed by atoms with van der Waals surface area (Å²) < 4.78 is 0. The predicted molar refractivity (Wildman–Crippen MR) is 112 cm³/mol. The molecular formula is C22H23N5O4. The minimum Gasteiger partial charge on any atom is -0.366 e. The van der Waals surface area contributed by atoms with E-state index in [4.69, 9.17) is 5.73 Å². The fourth-order valence-corrected chi connectivity index (χ4v) is 3.82. The largest absolute Gasteiger partial charge is 0.366 e. The van der Waals surface area contributed by atoms with Gasteiger partial charge in [0.15, 0.2) is 0 Å². The number of anilines is 1. The van der Waals surface area contributed by atoms with Gasteiger partial charge < -0.3 is 11.1 Å². The summed E-state index contributed by atoms with van der Waals surface area (Å²) >= 11 is 0. The summed E-state index contributed by atoms with van der Waals surface area (Å²) in [4.78, 5) is 54.7. The smallest absolute Gasteiger partial charge is 0.262 e. The first kappa shape index (κ1) is 20.7. The van der Waals surface area contributed by atoms with Crippen LogP contribution in [0.3, 0.4) is 0 Å². The number of fused-ring (bicyclic) bond motifs is 1. The highest BCUT2D eigenvalue weighted by molar-refractivity contribution is 6.23. The highest BCUT2D eigenvalue weighted by Gasteiger charge is 2.44. The minimum atomic E-state index is -0.966. The summed E-state index contributed by atoms with van der Waals surface area (Å²) in [5.41, 5.74) is 7.83. The minimum absolute atomic E-state index is 0.0936. The molecule has 1 aromatic heterocycles. The van der Waals surface area contributed by atoms with Gasteiger partial charge in [-0.1, -0.05) is 12.1 Å². The number of benzene rings is 1. The van der Waals surface area contributed by atoms with E-state index in [-0.39, 0.29) is 24.0 Å². The summed E-state index contributed by atoms with van der Waals surface area (Å²) in [5.74, 6) is -1.33. The van der Waals surface area contributed by atoms with Crippen LogP contribution in [0.2, 0.25) is 0 Å². The summed E-state index contributed by atoms with van der Waals surface area (Å²) in [5, 5.41) is 5.42. The molecule has 4 amide bonds. The zero-order valence-corrected chi connectivity index (χ0v) is 16.9. The maximum absolute atomic E-state index is 12.9. The van der Waals surface area contributed by atoms with Crippen molar-refractivity contribution in [1.29, 1.82) is 0 Å². The van der Waals surface area contributed by atoms with Gasteiger partial charge in [0.05, 0.1) is 11.1 Å². The molecule has 0 aliphatic carbocycles. The lowest BCUT2D eigenvalue weighted by molar-refractivity contribution is -0.136. The second kappa shape index (κ2) is 8.65. The SMILES string of the molecule is NCCCc1cccc(NCc2ccc3c(c2)C(=O)N(C2CCC(=O)NC2=O)C3=O)n1. The van der Waals surface area contributed by atoms with E-state index >= 15 is 0 Å². The number of pyridine rings is 1. The number of hydrogen-bond donors (Lipinski definition) is 3. The number of carbonyl (C=O) groups excluding carboxylic acids is 4. The van der Waals surface area contributed by atoms with Crippen molar-refractivity contribution in [1.82, 2.24) is 15.2 Å². The number of imide groups is 2. The number of rotatable bonds is 7. The van der Waals surface area contributed by atoms with Crippen LogP contribution in [0, 0.1) is 0 Å². The van der Waals surface area contributed by atoms with Crippen molar-refractivity contribution in [3.8, 4) is 0 Å². The third kappa shape index (κ3) is 4.17. The third-order valence-corrected chi connectivity index (χ3v) is 5.42. The Bertz CT molecular complexity index is 1070. The van der Waals surface area contributed by atoms with Crippen molar-refractivity contribution >= 4 is 29.4 Å². The van der Waals surface area contributed by atoms with Crippen LogP contribution in [0.5, 0.6) is 0 Å². The molecule has 1 unspecified atom stereocenters. The molecule has 2 aliphatic rings. The summed E-state index contributed by atoms with van der Waals surface area (Å²) in [6.45, 7) is 1.03. The number of amides is 4. The van der Waals surface area contributed by atoms with Gasteiger partial charge in [-0.3, -0.25) is 29.4 Å². The fraction of sp³-hybridized carbons (Fsp3) is 0.318. The molecule has 2 aromatic rings.